The van der Waals surface area contributed by atoms with Gasteiger partial charge in [0.25, 0.3) is 5.91 Å². The number of aliphatic hydroxyl groups excluding tert-OH is 1. The number of carbonyl (C=O) groups is 2. The lowest BCUT2D eigenvalue weighted by molar-refractivity contribution is -0.145. The number of halogens is 1. The van der Waals surface area contributed by atoms with Crippen LogP contribution >= 0.6 is 0 Å². The molecule has 1 unspecified atom stereocenters. The number of amides is 2. The largest absolute Gasteiger partial charge is 0.395 e. The van der Waals surface area contributed by atoms with Crippen molar-refractivity contribution < 1.29 is 23.5 Å². The van der Waals surface area contributed by atoms with Crippen molar-refractivity contribution in [3.63, 3.8) is 0 Å². The molecule has 9 nitrogen and oxygen atoms in total. The van der Waals surface area contributed by atoms with Crippen molar-refractivity contribution >= 4 is 37.8 Å². The standard InChI is InChI=1S/C43H52FN5O4Si/c1-30(2)14-13-15-31(3)22-25-48-39-21-20-35(49(29-51)34-18-11-8-12-19-34)26-37(39)43(42(48)52)32(4)41(54(5,6)44)40(53-43)23-24-47-27-38(45-46-47)36(28-50)33-16-9-7-10-17-33/h7-12,14,16-22,26-27,29,32,36,40-41,50H,13,15,23-25,28H2,1-6H3/b31-22+/t32-,36?,40+,41-,43+/m0/s1. The van der Waals surface area contributed by atoms with Crippen LogP contribution in [0.15, 0.2) is 108 Å². The predicted molar refractivity (Wildman–Crippen MR) is 214 cm³/mol. The molecule has 2 aliphatic heterocycles. The fraction of sp³-hybridized carbons (Fsp3) is 0.395. The maximum absolute atomic E-state index is 16.6. The molecule has 1 saturated heterocycles. The predicted octanol–water partition coefficient (Wildman–Crippen LogP) is 8.60. The average molecular weight is 750 g/mol. The number of anilines is 3. The van der Waals surface area contributed by atoms with Gasteiger partial charge in [-0.05, 0) is 89.0 Å². The van der Waals surface area contributed by atoms with Gasteiger partial charge in [-0.3, -0.25) is 19.2 Å². The second-order valence-corrected chi connectivity index (χ2v) is 19.2. The van der Waals surface area contributed by atoms with Gasteiger partial charge in [0.1, 0.15) is 0 Å². The monoisotopic (exact) mass is 749 g/mol. The van der Waals surface area contributed by atoms with E-state index < -0.39 is 31.6 Å². The maximum Gasteiger partial charge on any atom is 0.264 e. The van der Waals surface area contributed by atoms with E-state index in [1.165, 1.54) is 11.1 Å². The Labute approximate surface area is 319 Å². The smallest absolute Gasteiger partial charge is 0.264 e. The highest BCUT2D eigenvalue weighted by Crippen LogP contribution is 2.60. The highest BCUT2D eigenvalue weighted by Gasteiger charge is 2.66. The molecule has 1 spiro atoms. The lowest BCUT2D eigenvalue weighted by Gasteiger charge is -2.31. The van der Waals surface area contributed by atoms with E-state index in [-0.39, 0.29) is 18.4 Å². The number of allylic oxidation sites excluding steroid dienone is 3. The normalized spacial score (nSPS) is 21.7. The van der Waals surface area contributed by atoms with E-state index in [1.54, 1.807) is 27.6 Å². The van der Waals surface area contributed by atoms with Gasteiger partial charge in [-0.1, -0.05) is 84.0 Å². The molecule has 2 aliphatic rings. The number of rotatable bonds is 15. The molecule has 1 N–H and O–H groups in total. The van der Waals surface area contributed by atoms with E-state index in [0.717, 1.165) is 24.8 Å². The van der Waals surface area contributed by atoms with Crippen molar-refractivity contribution in [2.45, 2.75) is 89.8 Å². The van der Waals surface area contributed by atoms with E-state index in [9.17, 15) is 14.7 Å². The zero-order valence-electron chi connectivity index (χ0n) is 32.2. The summed E-state index contributed by atoms with van der Waals surface area (Å²) < 4.78 is 25.4. The Balaban J connectivity index is 1.35. The quantitative estimate of drug-likeness (QED) is 0.0566. The van der Waals surface area contributed by atoms with Crippen LogP contribution in [0.2, 0.25) is 18.6 Å². The topological polar surface area (TPSA) is 101 Å². The van der Waals surface area contributed by atoms with Crippen LogP contribution in [-0.2, 0) is 26.5 Å². The number of nitrogens with zero attached hydrogens (tertiary/aromatic N) is 5. The molecule has 1 fully saturated rings. The number of aryl methyl sites for hydroxylation is 1. The van der Waals surface area contributed by atoms with Crippen molar-refractivity contribution in [3.05, 3.63) is 125 Å². The summed E-state index contributed by atoms with van der Waals surface area (Å²) in [6.07, 6.45) is 8.51. The van der Waals surface area contributed by atoms with Crippen LogP contribution in [0, 0.1) is 5.92 Å². The molecule has 0 radical (unpaired) electrons. The average Bonchev–Trinajstić information content (AvgIpc) is 3.81. The first-order valence-corrected chi connectivity index (χ1v) is 21.8. The van der Waals surface area contributed by atoms with Gasteiger partial charge in [0.15, 0.2) is 5.60 Å². The molecule has 3 heterocycles. The van der Waals surface area contributed by atoms with Gasteiger partial charge in [-0.15, -0.1) is 5.10 Å². The van der Waals surface area contributed by atoms with Crippen molar-refractivity contribution in [1.82, 2.24) is 15.0 Å². The van der Waals surface area contributed by atoms with E-state index in [2.05, 4.69) is 43.2 Å². The number of hydrogen-bond acceptors (Lipinski definition) is 6. The number of hydrogen-bond donors (Lipinski definition) is 1. The second-order valence-electron chi connectivity index (χ2n) is 15.4. The van der Waals surface area contributed by atoms with Crippen molar-refractivity contribution in [1.29, 1.82) is 0 Å². The van der Waals surface area contributed by atoms with Gasteiger partial charge in [0, 0.05) is 47.7 Å². The zero-order valence-corrected chi connectivity index (χ0v) is 33.2. The first-order valence-electron chi connectivity index (χ1n) is 18.9. The first-order chi connectivity index (χ1) is 25.9. The summed E-state index contributed by atoms with van der Waals surface area (Å²) in [5.74, 6) is -1.03. The van der Waals surface area contributed by atoms with Gasteiger partial charge < -0.3 is 18.9 Å². The summed E-state index contributed by atoms with van der Waals surface area (Å²) in [5.41, 5.74) is 4.71. The van der Waals surface area contributed by atoms with Gasteiger partial charge >= 0.3 is 0 Å². The Kier molecular flexibility index (Phi) is 11.8. The van der Waals surface area contributed by atoms with Crippen LogP contribution in [0.3, 0.4) is 0 Å². The Hall–Kier alpha value is -4.71. The molecule has 0 aliphatic carbocycles. The Bertz CT molecular complexity index is 1990. The van der Waals surface area contributed by atoms with Crippen LogP contribution < -0.4 is 9.80 Å². The number of benzene rings is 3. The minimum Gasteiger partial charge on any atom is -0.395 e. The highest BCUT2D eigenvalue weighted by atomic mass is 28.4. The van der Waals surface area contributed by atoms with Gasteiger partial charge in [-0.2, -0.15) is 0 Å². The third-order valence-electron chi connectivity index (χ3n) is 11.0. The fourth-order valence-corrected chi connectivity index (χ4v) is 10.9. The molecule has 3 aromatic carbocycles. The molecule has 4 aromatic rings. The summed E-state index contributed by atoms with van der Waals surface area (Å²) in [7, 11) is -3.43. The second kappa shape index (κ2) is 16.3. The van der Waals surface area contributed by atoms with Crippen LogP contribution in [0.1, 0.15) is 69.7 Å². The molecule has 54 heavy (non-hydrogen) atoms. The van der Waals surface area contributed by atoms with Crippen molar-refractivity contribution in [2.75, 3.05) is 23.0 Å². The van der Waals surface area contributed by atoms with Crippen molar-refractivity contribution in [2.24, 2.45) is 5.92 Å². The SMILES string of the molecule is CC(C)=CCC/C(C)=C/CN1C(=O)[C@]2(O[C@H](CCn3cc(C(CO)c4ccccc4)nn3)[C@@H]([Si](C)(C)F)[C@@H]2C)c2cc(N(C=O)c3ccccc3)ccc21. The van der Waals surface area contributed by atoms with Gasteiger partial charge in [-0.25, -0.2) is 0 Å². The first kappa shape index (κ1) is 39.0. The minimum atomic E-state index is -3.43. The van der Waals surface area contributed by atoms with Crippen molar-refractivity contribution in [3.8, 4) is 0 Å². The fourth-order valence-electron chi connectivity index (χ4n) is 8.33. The van der Waals surface area contributed by atoms with Crippen LogP contribution in [0.5, 0.6) is 0 Å². The van der Waals surface area contributed by atoms with Crippen LogP contribution in [-0.4, -0.2) is 60.1 Å². The van der Waals surface area contributed by atoms with Gasteiger partial charge in [0.2, 0.25) is 14.8 Å². The number of fused-ring (bicyclic) bond motifs is 2. The van der Waals surface area contributed by atoms with E-state index in [0.29, 0.717) is 47.8 Å². The Morgan fingerprint density at radius 1 is 1.04 bits per heavy atom. The molecule has 0 saturated carbocycles. The third kappa shape index (κ3) is 7.76. The van der Waals surface area contributed by atoms with E-state index in [4.69, 9.17) is 4.74 Å². The van der Waals surface area contributed by atoms with Gasteiger partial charge in [0.05, 0.1) is 30.0 Å². The number of aliphatic hydroxyl groups is 1. The highest BCUT2D eigenvalue weighted by molar-refractivity contribution is 6.72. The third-order valence-corrected chi connectivity index (χ3v) is 13.5. The molecule has 5 atom stereocenters. The molecule has 6 rings (SSSR count). The lowest BCUT2D eigenvalue weighted by atomic mass is 9.82. The summed E-state index contributed by atoms with van der Waals surface area (Å²) >= 11 is 0. The molecule has 0 bridgehead atoms. The molecule has 284 valence electrons. The Morgan fingerprint density at radius 3 is 2.39 bits per heavy atom. The maximum atomic E-state index is 16.6. The molecular formula is C43H52FN5O4Si. The number of carbonyl (C=O) groups excluding carboxylic acids is 2. The summed E-state index contributed by atoms with van der Waals surface area (Å²) in [6.45, 7) is 12.2. The number of ether oxygens (including phenoxy) is 1. The minimum absolute atomic E-state index is 0.117. The Morgan fingerprint density at radius 2 is 1.74 bits per heavy atom. The summed E-state index contributed by atoms with van der Waals surface area (Å²) in [6, 6.07) is 24.6. The van der Waals surface area contributed by atoms with E-state index in [1.807, 2.05) is 92.0 Å². The number of para-hydroxylation sites is 1. The van der Waals surface area contributed by atoms with Crippen LogP contribution in [0.4, 0.5) is 21.2 Å². The molecule has 11 heteroatoms. The van der Waals surface area contributed by atoms with E-state index >= 15 is 4.11 Å². The summed E-state index contributed by atoms with van der Waals surface area (Å²) in [4.78, 5) is 30.9. The number of aromatic nitrogens is 3. The summed E-state index contributed by atoms with van der Waals surface area (Å²) in [5, 5.41) is 18.9. The molecule has 1 aromatic heterocycles. The molecular weight excluding hydrogens is 698 g/mol. The van der Waals surface area contributed by atoms with Crippen LogP contribution in [0.25, 0.3) is 0 Å². The zero-order chi connectivity index (χ0) is 38.6. The molecule has 2 amide bonds. The lowest BCUT2D eigenvalue weighted by Crippen LogP contribution is -2.45.